The van der Waals surface area contributed by atoms with E-state index in [2.05, 4.69) is 0 Å². The van der Waals surface area contributed by atoms with Gasteiger partial charge in [-0.3, -0.25) is 0 Å². The lowest BCUT2D eigenvalue weighted by Crippen LogP contribution is -2.70. The fourth-order valence-electron chi connectivity index (χ4n) is 1.84. The van der Waals surface area contributed by atoms with Crippen molar-refractivity contribution in [2.24, 2.45) is 0 Å². The maximum absolute atomic E-state index is 13.4. The standard InChI is InChI=1S/C14H15F13O2/c15-9(16,6-4-2-1-3-5-8(29)7-28)10(17,18)11(19,20)12(21,22)13(23,24)14(25,26)27/h2,4,8,28-29H,1,3,5-7H2/b4-2+. The summed E-state index contributed by atoms with van der Waals surface area (Å²) in [5.74, 6) is -36.8. The Morgan fingerprint density at radius 2 is 1.10 bits per heavy atom. The third kappa shape index (κ3) is 5.27. The van der Waals surface area contributed by atoms with Crippen molar-refractivity contribution in [1.29, 1.82) is 0 Å². The van der Waals surface area contributed by atoms with Crippen LogP contribution in [0.5, 0.6) is 0 Å². The Morgan fingerprint density at radius 3 is 1.52 bits per heavy atom. The van der Waals surface area contributed by atoms with Crippen molar-refractivity contribution in [3.8, 4) is 0 Å². The smallest absolute Gasteiger partial charge is 0.394 e. The lowest BCUT2D eigenvalue weighted by atomic mass is 9.92. The lowest BCUT2D eigenvalue weighted by Gasteiger charge is -2.39. The molecule has 0 rings (SSSR count). The summed E-state index contributed by atoms with van der Waals surface area (Å²) in [6, 6.07) is 0. The molecule has 0 fully saturated rings. The largest absolute Gasteiger partial charge is 0.460 e. The molecule has 0 aliphatic rings. The monoisotopic (exact) mass is 462 g/mol. The molecule has 0 bridgehead atoms. The van der Waals surface area contributed by atoms with Crippen LogP contribution in [0.2, 0.25) is 0 Å². The first-order valence-electron chi connectivity index (χ1n) is 7.60. The summed E-state index contributed by atoms with van der Waals surface area (Å²) in [6.07, 6.45) is -10.5. The highest BCUT2D eigenvalue weighted by Gasteiger charge is 2.90. The normalized spacial score (nSPS) is 16.5. The predicted molar refractivity (Wildman–Crippen MR) is 71.5 cm³/mol. The molecular formula is C14H15F13O2. The fraction of sp³-hybridized carbons (Fsp3) is 0.857. The molecule has 0 saturated carbocycles. The zero-order valence-corrected chi connectivity index (χ0v) is 14.1. The van der Waals surface area contributed by atoms with E-state index in [9.17, 15) is 57.1 Å². The maximum Gasteiger partial charge on any atom is 0.460 e. The van der Waals surface area contributed by atoms with Crippen molar-refractivity contribution in [3.05, 3.63) is 12.2 Å². The molecular weight excluding hydrogens is 447 g/mol. The van der Waals surface area contributed by atoms with Gasteiger partial charge in [0.25, 0.3) is 0 Å². The number of alkyl halides is 13. The van der Waals surface area contributed by atoms with Crippen LogP contribution in [0, 0.1) is 0 Å². The molecule has 0 spiro atoms. The third-order valence-electron chi connectivity index (χ3n) is 3.66. The summed E-state index contributed by atoms with van der Waals surface area (Å²) in [5, 5.41) is 17.4. The average Bonchev–Trinajstić information content (AvgIpc) is 2.55. The van der Waals surface area contributed by atoms with Gasteiger partial charge in [-0.2, -0.15) is 57.1 Å². The van der Waals surface area contributed by atoms with E-state index in [4.69, 9.17) is 10.2 Å². The van der Waals surface area contributed by atoms with Crippen LogP contribution in [0.1, 0.15) is 25.7 Å². The number of allylic oxidation sites excluding steroid dienone is 2. The van der Waals surface area contributed by atoms with Gasteiger partial charge < -0.3 is 10.2 Å². The Balaban J connectivity index is 5.50. The number of hydrogen-bond donors (Lipinski definition) is 2. The number of unbranched alkanes of at least 4 members (excludes halogenated alkanes) is 1. The summed E-state index contributed by atoms with van der Waals surface area (Å²) in [5.41, 5.74) is 0. The molecule has 0 aromatic carbocycles. The van der Waals surface area contributed by atoms with Crippen molar-refractivity contribution in [2.45, 2.75) is 67.6 Å². The van der Waals surface area contributed by atoms with E-state index in [-0.39, 0.29) is 25.3 Å². The number of rotatable bonds is 11. The van der Waals surface area contributed by atoms with Crippen LogP contribution in [0.25, 0.3) is 0 Å². The SMILES string of the molecule is OCC(O)CCC/C=C/CC(F)(F)C(F)(F)C(F)(F)C(F)(F)C(F)(F)C(F)(F)F. The highest BCUT2D eigenvalue weighted by Crippen LogP contribution is 2.60. The number of halogens is 13. The first-order valence-corrected chi connectivity index (χ1v) is 7.60. The van der Waals surface area contributed by atoms with E-state index in [1.54, 1.807) is 0 Å². The van der Waals surface area contributed by atoms with Crippen LogP contribution >= 0.6 is 0 Å². The fourth-order valence-corrected chi connectivity index (χ4v) is 1.84. The molecule has 15 heteroatoms. The first-order chi connectivity index (χ1) is 12.7. The summed E-state index contributed by atoms with van der Waals surface area (Å²) in [7, 11) is 0. The molecule has 0 aromatic rings. The quantitative estimate of drug-likeness (QED) is 0.252. The zero-order valence-electron chi connectivity index (χ0n) is 14.1. The van der Waals surface area contributed by atoms with Crippen LogP contribution in [0.4, 0.5) is 57.1 Å². The highest BCUT2D eigenvalue weighted by molar-refractivity contribution is 5.11. The zero-order chi connectivity index (χ0) is 23.5. The molecule has 0 amide bonds. The van der Waals surface area contributed by atoms with Gasteiger partial charge in [-0.1, -0.05) is 12.2 Å². The highest BCUT2D eigenvalue weighted by atomic mass is 19.4. The van der Waals surface area contributed by atoms with Crippen molar-refractivity contribution < 1.29 is 67.3 Å². The van der Waals surface area contributed by atoms with Gasteiger partial charge in [-0.25, -0.2) is 0 Å². The van der Waals surface area contributed by atoms with Crippen LogP contribution in [0.3, 0.4) is 0 Å². The Hall–Kier alpha value is -1.25. The Morgan fingerprint density at radius 1 is 0.655 bits per heavy atom. The summed E-state index contributed by atoms with van der Waals surface area (Å²) in [6.45, 7) is -0.653. The molecule has 174 valence electrons. The molecule has 1 atom stereocenters. The van der Waals surface area contributed by atoms with Gasteiger partial charge in [0, 0.05) is 6.42 Å². The van der Waals surface area contributed by atoms with Gasteiger partial charge in [0.1, 0.15) is 0 Å². The van der Waals surface area contributed by atoms with Gasteiger partial charge in [-0.15, -0.1) is 0 Å². The van der Waals surface area contributed by atoms with Crippen molar-refractivity contribution >= 4 is 0 Å². The van der Waals surface area contributed by atoms with Crippen LogP contribution in [0.15, 0.2) is 12.2 Å². The van der Waals surface area contributed by atoms with Crippen LogP contribution < -0.4 is 0 Å². The van der Waals surface area contributed by atoms with Crippen molar-refractivity contribution in [1.82, 2.24) is 0 Å². The molecule has 2 N–H and O–H groups in total. The lowest BCUT2D eigenvalue weighted by molar-refractivity contribution is -0.439. The van der Waals surface area contributed by atoms with E-state index in [0.717, 1.165) is 0 Å². The number of aliphatic hydroxyl groups excluding tert-OH is 2. The minimum Gasteiger partial charge on any atom is -0.394 e. The summed E-state index contributed by atoms with van der Waals surface area (Å²) >= 11 is 0. The molecule has 0 aliphatic heterocycles. The molecule has 0 saturated heterocycles. The van der Waals surface area contributed by atoms with E-state index < -0.39 is 54.9 Å². The minimum atomic E-state index is -7.89. The molecule has 0 aliphatic carbocycles. The minimum absolute atomic E-state index is 0.00771. The van der Waals surface area contributed by atoms with Gasteiger partial charge in [0.15, 0.2) is 0 Å². The topological polar surface area (TPSA) is 40.5 Å². The number of hydrogen-bond acceptors (Lipinski definition) is 2. The third-order valence-corrected chi connectivity index (χ3v) is 3.66. The Labute approximate surface area is 155 Å². The van der Waals surface area contributed by atoms with E-state index in [1.807, 2.05) is 0 Å². The summed E-state index contributed by atoms with van der Waals surface area (Å²) < 4.78 is 167. The van der Waals surface area contributed by atoms with Crippen LogP contribution in [-0.2, 0) is 0 Å². The second kappa shape index (κ2) is 8.86. The van der Waals surface area contributed by atoms with Crippen LogP contribution in [-0.4, -0.2) is 58.7 Å². The molecule has 0 aromatic heterocycles. The Bertz CT molecular complexity index is 554. The van der Waals surface area contributed by atoms with Crippen molar-refractivity contribution in [3.63, 3.8) is 0 Å². The second-order valence-corrected chi connectivity index (χ2v) is 5.94. The average molecular weight is 462 g/mol. The van der Waals surface area contributed by atoms with Gasteiger partial charge in [-0.05, 0) is 19.3 Å². The molecule has 2 nitrogen and oxygen atoms in total. The first kappa shape index (κ1) is 27.8. The van der Waals surface area contributed by atoms with Crippen molar-refractivity contribution in [2.75, 3.05) is 6.61 Å². The molecule has 0 radical (unpaired) electrons. The maximum atomic E-state index is 13.4. The predicted octanol–water partition coefficient (Wildman–Crippen LogP) is 5.20. The molecule has 0 heterocycles. The van der Waals surface area contributed by atoms with E-state index in [0.29, 0.717) is 6.08 Å². The van der Waals surface area contributed by atoms with Gasteiger partial charge >= 0.3 is 35.8 Å². The molecule has 29 heavy (non-hydrogen) atoms. The van der Waals surface area contributed by atoms with Gasteiger partial charge in [0.2, 0.25) is 0 Å². The van der Waals surface area contributed by atoms with E-state index in [1.165, 1.54) is 0 Å². The van der Waals surface area contributed by atoms with E-state index >= 15 is 0 Å². The second-order valence-electron chi connectivity index (χ2n) is 5.94. The number of aliphatic hydroxyl groups is 2. The Kier molecular flexibility index (Phi) is 8.48. The summed E-state index contributed by atoms with van der Waals surface area (Å²) in [4.78, 5) is 0. The molecule has 1 unspecified atom stereocenters. The van der Waals surface area contributed by atoms with Gasteiger partial charge in [0.05, 0.1) is 12.7 Å².